The van der Waals surface area contributed by atoms with E-state index in [0.717, 1.165) is 6.42 Å². The molecule has 2 rings (SSSR count). The number of carbonyl (C=O) groups excluding carboxylic acids is 1. The molecule has 17 heavy (non-hydrogen) atoms. The Hall–Kier alpha value is -0.810. The quantitative estimate of drug-likeness (QED) is 0.746. The third-order valence-corrected chi connectivity index (χ3v) is 3.17. The van der Waals surface area contributed by atoms with Crippen LogP contribution < -0.4 is 0 Å². The Morgan fingerprint density at radius 2 is 2.18 bits per heavy atom. The largest absolute Gasteiger partial charge is 0.444 e. The molecule has 2 aliphatic rings. The summed E-state index contributed by atoms with van der Waals surface area (Å²) in [4.78, 5) is 13.6. The highest BCUT2D eigenvalue weighted by atomic mass is 16.6. The van der Waals surface area contributed by atoms with Crippen LogP contribution in [0.5, 0.6) is 0 Å². The van der Waals surface area contributed by atoms with Crippen molar-refractivity contribution in [3.63, 3.8) is 0 Å². The van der Waals surface area contributed by atoms with Gasteiger partial charge in [0, 0.05) is 12.5 Å². The van der Waals surface area contributed by atoms with Gasteiger partial charge < -0.3 is 19.5 Å². The van der Waals surface area contributed by atoms with Crippen molar-refractivity contribution < 1.29 is 19.4 Å². The van der Waals surface area contributed by atoms with Crippen LogP contribution in [-0.2, 0) is 9.47 Å². The molecule has 0 aromatic heterocycles. The van der Waals surface area contributed by atoms with Crippen LogP contribution in [0, 0.1) is 5.92 Å². The molecule has 0 saturated carbocycles. The molecular formula is C12H21NO4. The van der Waals surface area contributed by atoms with Crippen molar-refractivity contribution in [3.8, 4) is 0 Å². The molecule has 2 fully saturated rings. The second-order valence-electron chi connectivity index (χ2n) is 5.86. The number of aliphatic hydroxyl groups excluding tert-OH is 1. The number of rotatable bonds is 1. The fourth-order valence-electron chi connectivity index (χ4n) is 2.42. The van der Waals surface area contributed by atoms with Crippen LogP contribution in [0.3, 0.4) is 0 Å². The maximum Gasteiger partial charge on any atom is 0.410 e. The van der Waals surface area contributed by atoms with Gasteiger partial charge in [0.2, 0.25) is 0 Å². The molecule has 1 N–H and O–H groups in total. The molecule has 2 bridgehead atoms. The maximum absolute atomic E-state index is 11.9. The Bertz CT molecular complexity index is 299. The van der Waals surface area contributed by atoms with Crippen LogP contribution in [0.15, 0.2) is 0 Å². The summed E-state index contributed by atoms with van der Waals surface area (Å²) in [6.45, 7) is 6.80. The highest BCUT2D eigenvalue weighted by Gasteiger charge is 2.43. The molecule has 2 aliphatic heterocycles. The number of likely N-dealkylation sites (tertiary alicyclic amines) is 1. The molecule has 1 amide bonds. The first-order valence-electron chi connectivity index (χ1n) is 6.13. The number of hydrogen-bond acceptors (Lipinski definition) is 4. The van der Waals surface area contributed by atoms with Gasteiger partial charge in [0.05, 0.1) is 25.3 Å². The molecule has 0 spiro atoms. The van der Waals surface area contributed by atoms with E-state index in [1.807, 2.05) is 20.8 Å². The number of hydrogen-bond donors (Lipinski definition) is 1. The van der Waals surface area contributed by atoms with Gasteiger partial charge in [-0.25, -0.2) is 4.79 Å². The number of morpholine rings is 1. The molecule has 0 aromatic rings. The third kappa shape index (κ3) is 2.90. The van der Waals surface area contributed by atoms with Crippen molar-refractivity contribution in [2.24, 2.45) is 5.92 Å². The topological polar surface area (TPSA) is 59.0 Å². The second kappa shape index (κ2) is 4.46. The monoisotopic (exact) mass is 243 g/mol. The molecule has 0 unspecified atom stereocenters. The standard InChI is InChI=1S/C12H21NO4/c1-12(2,3)17-11(15)13-5-9-4-8(7-14)10(6-13)16-9/h8-10,14H,4-7H2,1-3H3/t8-,9-,10-/m1/s1. The van der Waals surface area contributed by atoms with E-state index in [1.54, 1.807) is 4.90 Å². The van der Waals surface area contributed by atoms with E-state index in [0.29, 0.717) is 13.1 Å². The molecule has 0 aliphatic carbocycles. The van der Waals surface area contributed by atoms with Crippen LogP contribution in [0.4, 0.5) is 4.79 Å². The van der Waals surface area contributed by atoms with E-state index >= 15 is 0 Å². The lowest BCUT2D eigenvalue weighted by atomic mass is 10.0. The molecule has 5 heteroatoms. The summed E-state index contributed by atoms with van der Waals surface area (Å²) in [6.07, 6.45) is 0.569. The minimum absolute atomic E-state index is 0.0359. The normalized spacial score (nSPS) is 32.7. The Balaban J connectivity index is 1.95. The highest BCUT2D eigenvalue weighted by molar-refractivity contribution is 5.68. The summed E-state index contributed by atoms with van der Waals surface area (Å²) in [5.74, 6) is 0.160. The zero-order valence-electron chi connectivity index (χ0n) is 10.7. The molecule has 2 heterocycles. The van der Waals surface area contributed by atoms with Crippen LogP contribution in [0.1, 0.15) is 27.2 Å². The number of amides is 1. The van der Waals surface area contributed by atoms with Crippen LogP contribution in [0.2, 0.25) is 0 Å². The minimum atomic E-state index is -0.467. The van der Waals surface area contributed by atoms with Crippen molar-refractivity contribution in [2.45, 2.75) is 45.0 Å². The number of carbonyl (C=O) groups is 1. The average molecular weight is 243 g/mol. The Morgan fingerprint density at radius 3 is 2.76 bits per heavy atom. The zero-order chi connectivity index (χ0) is 12.6. The summed E-state index contributed by atoms with van der Waals surface area (Å²) in [5, 5.41) is 9.21. The van der Waals surface area contributed by atoms with E-state index in [2.05, 4.69) is 0 Å². The number of nitrogens with zero attached hydrogens (tertiary/aromatic N) is 1. The molecule has 0 radical (unpaired) electrons. The molecule has 98 valence electrons. The van der Waals surface area contributed by atoms with Gasteiger partial charge in [0.25, 0.3) is 0 Å². The molecular weight excluding hydrogens is 222 g/mol. The van der Waals surface area contributed by atoms with Gasteiger partial charge in [-0.3, -0.25) is 0 Å². The lowest BCUT2D eigenvalue weighted by Gasteiger charge is -2.34. The Morgan fingerprint density at radius 1 is 1.47 bits per heavy atom. The number of ether oxygens (including phenoxy) is 2. The van der Waals surface area contributed by atoms with Gasteiger partial charge in [-0.2, -0.15) is 0 Å². The van der Waals surface area contributed by atoms with E-state index in [4.69, 9.17) is 9.47 Å². The van der Waals surface area contributed by atoms with E-state index < -0.39 is 5.60 Å². The Labute approximate surface area is 102 Å². The summed E-state index contributed by atoms with van der Waals surface area (Å²) >= 11 is 0. The van der Waals surface area contributed by atoms with Crippen molar-refractivity contribution >= 4 is 6.09 Å². The molecule has 0 aromatic carbocycles. The Kier molecular flexibility index (Phi) is 3.32. The lowest BCUT2D eigenvalue weighted by molar-refractivity contribution is -0.0578. The summed E-state index contributed by atoms with van der Waals surface area (Å²) in [7, 11) is 0. The smallest absolute Gasteiger partial charge is 0.410 e. The molecule has 5 nitrogen and oxygen atoms in total. The summed E-state index contributed by atoms with van der Waals surface area (Å²) in [5.41, 5.74) is -0.467. The van der Waals surface area contributed by atoms with Gasteiger partial charge in [-0.1, -0.05) is 0 Å². The molecule has 2 saturated heterocycles. The van der Waals surface area contributed by atoms with Crippen LogP contribution in [-0.4, -0.2) is 53.6 Å². The van der Waals surface area contributed by atoms with E-state index in [9.17, 15) is 9.90 Å². The van der Waals surface area contributed by atoms with Crippen LogP contribution >= 0.6 is 0 Å². The van der Waals surface area contributed by atoms with Crippen molar-refractivity contribution in [1.82, 2.24) is 4.90 Å². The predicted molar refractivity (Wildman–Crippen MR) is 61.7 cm³/mol. The lowest BCUT2D eigenvalue weighted by Crippen LogP contribution is -2.48. The maximum atomic E-state index is 11.9. The number of fused-ring (bicyclic) bond motifs is 2. The zero-order valence-corrected chi connectivity index (χ0v) is 10.7. The summed E-state index contributed by atoms with van der Waals surface area (Å²) in [6, 6.07) is 0. The van der Waals surface area contributed by atoms with Crippen LogP contribution in [0.25, 0.3) is 0 Å². The molecule has 3 atom stereocenters. The van der Waals surface area contributed by atoms with Crippen molar-refractivity contribution in [2.75, 3.05) is 19.7 Å². The van der Waals surface area contributed by atoms with Crippen molar-refractivity contribution in [3.05, 3.63) is 0 Å². The second-order valence-corrected chi connectivity index (χ2v) is 5.86. The fourth-order valence-corrected chi connectivity index (χ4v) is 2.42. The van der Waals surface area contributed by atoms with Gasteiger partial charge in [0.1, 0.15) is 5.60 Å². The SMILES string of the molecule is CC(C)(C)OC(=O)N1C[C@H]2C[C@H](CO)[C@@H](C1)O2. The van der Waals surface area contributed by atoms with Gasteiger partial charge in [-0.05, 0) is 27.2 Å². The van der Waals surface area contributed by atoms with Gasteiger partial charge >= 0.3 is 6.09 Å². The first kappa shape index (κ1) is 12.6. The fraction of sp³-hybridized carbons (Fsp3) is 0.917. The minimum Gasteiger partial charge on any atom is -0.444 e. The van der Waals surface area contributed by atoms with Gasteiger partial charge in [0.15, 0.2) is 0 Å². The van der Waals surface area contributed by atoms with Crippen molar-refractivity contribution in [1.29, 1.82) is 0 Å². The van der Waals surface area contributed by atoms with E-state index in [-0.39, 0.29) is 30.8 Å². The summed E-state index contributed by atoms with van der Waals surface area (Å²) < 4.78 is 11.0. The first-order chi connectivity index (χ1) is 7.89. The highest BCUT2D eigenvalue weighted by Crippen LogP contribution is 2.32. The third-order valence-electron chi connectivity index (χ3n) is 3.17. The predicted octanol–water partition coefficient (Wildman–Crippen LogP) is 1.00. The van der Waals surface area contributed by atoms with Gasteiger partial charge in [-0.15, -0.1) is 0 Å². The first-order valence-corrected chi connectivity index (χ1v) is 6.13. The number of aliphatic hydroxyl groups is 1. The van der Waals surface area contributed by atoms with E-state index in [1.165, 1.54) is 0 Å². The average Bonchev–Trinajstić information content (AvgIpc) is 2.50.